The first-order valence-corrected chi connectivity index (χ1v) is 7.70. The molecule has 0 unspecified atom stereocenters. The van der Waals surface area contributed by atoms with E-state index in [2.05, 4.69) is 5.32 Å². The average Bonchev–Trinajstić information content (AvgIpc) is 3.20. The SMILES string of the molecule is COc1cccc2cc(/C=C(\C#N)C(=O)NC3CCCC3)oc12. The van der Waals surface area contributed by atoms with E-state index in [0.717, 1.165) is 31.1 Å². The predicted octanol–water partition coefficient (Wildman–Crippen LogP) is 3.41. The summed E-state index contributed by atoms with van der Waals surface area (Å²) in [6.45, 7) is 0. The lowest BCUT2D eigenvalue weighted by Crippen LogP contribution is -2.33. The maximum Gasteiger partial charge on any atom is 0.262 e. The number of carbonyl (C=O) groups excluding carboxylic acids is 1. The molecule has 0 atom stereocenters. The van der Waals surface area contributed by atoms with Gasteiger partial charge in [-0.3, -0.25) is 4.79 Å². The lowest BCUT2D eigenvalue weighted by molar-refractivity contribution is -0.117. The van der Waals surface area contributed by atoms with Gasteiger partial charge in [0.05, 0.1) is 7.11 Å². The van der Waals surface area contributed by atoms with Gasteiger partial charge >= 0.3 is 0 Å². The normalized spacial score (nSPS) is 15.6. The zero-order chi connectivity index (χ0) is 16.2. The van der Waals surface area contributed by atoms with Gasteiger partial charge in [0.1, 0.15) is 17.4 Å². The molecule has 1 saturated carbocycles. The molecule has 0 saturated heterocycles. The van der Waals surface area contributed by atoms with Gasteiger partial charge in [0.2, 0.25) is 0 Å². The average molecular weight is 310 g/mol. The quantitative estimate of drug-likeness (QED) is 0.693. The van der Waals surface area contributed by atoms with E-state index in [-0.39, 0.29) is 17.5 Å². The van der Waals surface area contributed by atoms with Gasteiger partial charge in [-0.25, -0.2) is 0 Å². The Hall–Kier alpha value is -2.74. The number of nitriles is 1. The fourth-order valence-corrected chi connectivity index (χ4v) is 2.91. The van der Waals surface area contributed by atoms with Crippen molar-refractivity contribution in [2.75, 3.05) is 7.11 Å². The minimum absolute atomic E-state index is 0.0509. The Morgan fingerprint density at radius 1 is 1.43 bits per heavy atom. The van der Waals surface area contributed by atoms with Crippen molar-refractivity contribution in [2.24, 2.45) is 0 Å². The summed E-state index contributed by atoms with van der Waals surface area (Å²) in [7, 11) is 1.57. The molecule has 1 heterocycles. The highest BCUT2D eigenvalue weighted by atomic mass is 16.5. The first-order chi connectivity index (χ1) is 11.2. The molecular weight excluding hydrogens is 292 g/mol. The van der Waals surface area contributed by atoms with Crippen LogP contribution in [0.3, 0.4) is 0 Å². The summed E-state index contributed by atoms with van der Waals surface area (Å²) in [5, 5.41) is 13.0. The molecule has 118 valence electrons. The molecule has 1 aromatic heterocycles. The number of hydrogen-bond donors (Lipinski definition) is 1. The summed E-state index contributed by atoms with van der Waals surface area (Å²) < 4.78 is 11.0. The number of para-hydroxylation sites is 1. The van der Waals surface area contributed by atoms with Crippen LogP contribution in [0.25, 0.3) is 17.0 Å². The Morgan fingerprint density at radius 2 is 2.22 bits per heavy atom. The molecule has 3 rings (SSSR count). The molecule has 23 heavy (non-hydrogen) atoms. The molecule has 1 aromatic carbocycles. The van der Waals surface area contributed by atoms with Gasteiger partial charge in [0.25, 0.3) is 5.91 Å². The zero-order valence-electron chi connectivity index (χ0n) is 13.0. The summed E-state index contributed by atoms with van der Waals surface area (Å²) in [6.07, 6.45) is 5.68. The smallest absolute Gasteiger partial charge is 0.262 e. The largest absolute Gasteiger partial charge is 0.493 e. The fourth-order valence-electron chi connectivity index (χ4n) is 2.91. The number of methoxy groups -OCH3 is 1. The molecule has 1 N–H and O–H groups in total. The molecule has 5 heteroatoms. The van der Waals surface area contributed by atoms with Crippen molar-refractivity contribution in [2.45, 2.75) is 31.7 Å². The van der Waals surface area contributed by atoms with Gasteiger partial charge in [-0.1, -0.05) is 25.0 Å². The van der Waals surface area contributed by atoms with Crippen molar-refractivity contribution >= 4 is 23.0 Å². The van der Waals surface area contributed by atoms with E-state index in [1.807, 2.05) is 18.2 Å². The highest BCUT2D eigenvalue weighted by molar-refractivity contribution is 6.02. The molecule has 5 nitrogen and oxygen atoms in total. The predicted molar refractivity (Wildman–Crippen MR) is 86.8 cm³/mol. The van der Waals surface area contributed by atoms with Crippen molar-refractivity contribution in [3.63, 3.8) is 0 Å². The number of fused-ring (bicyclic) bond motifs is 1. The monoisotopic (exact) mass is 310 g/mol. The lowest BCUT2D eigenvalue weighted by Gasteiger charge is -2.10. The molecule has 0 bridgehead atoms. The zero-order valence-corrected chi connectivity index (χ0v) is 13.0. The van der Waals surface area contributed by atoms with E-state index >= 15 is 0 Å². The number of ether oxygens (including phenoxy) is 1. The van der Waals surface area contributed by atoms with Crippen LogP contribution in [0.1, 0.15) is 31.4 Å². The van der Waals surface area contributed by atoms with E-state index in [1.165, 1.54) is 6.08 Å². The van der Waals surface area contributed by atoms with Crippen molar-refractivity contribution in [1.29, 1.82) is 5.26 Å². The molecule has 2 aromatic rings. The second-order valence-electron chi connectivity index (χ2n) is 5.65. The summed E-state index contributed by atoms with van der Waals surface area (Å²) in [4.78, 5) is 12.2. The number of amides is 1. The Labute approximate surface area is 134 Å². The molecule has 1 aliphatic rings. The highest BCUT2D eigenvalue weighted by Crippen LogP contribution is 2.29. The van der Waals surface area contributed by atoms with Gasteiger partial charge in [0, 0.05) is 17.5 Å². The van der Waals surface area contributed by atoms with Crippen LogP contribution in [0.5, 0.6) is 5.75 Å². The minimum Gasteiger partial charge on any atom is -0.493 e. The van der Waals surface area contributed by atoms with E-state index < -0.39 is 0 Å². The second kappa shape index (κ2) is 6.57. The number of carbonyl (C=O) groups is 1. The minimum atomic E-state index is -0.341. The molecule has 1 aliphatic carbocycles. The van der Waals surface area contributed by atoms with Crippen LogP contribution in [-0.2, 0) is 4.79 Å². The van der Waals surface area contributed by atoms with E-state index in [4.69, 9.17) is 9.15 Å². The number of furan rings is 1. The maximum atomic E-state index is 12.2. The van der Waals surface area contributed by atoms with E-state index in [1.54, 1.807) is 19.2 Å². The van der Waals surface area contributed by atoms with Crippen LogP contribution < -0.4 is 10.1 Å². The standard InChI is InChI=1S/C18H18N2O3/c1-22-16-8-4-5-12-9-15(23-17(12)16)10-13(11-19)18(21)20-14-6-2-3-7-14/h4-5,8-10,14H,2-3,6-7H2,1H3,(H,20,21)/b13-10+. The van der Waals surface area contributed by atoms with Gasteiger partial charge in [0.15, 0.2) is 11.3 Å². The Morgan fingerprint density at radius 3 is 2.91 bits per heavy atom. The highest BCUT2D eigenvalue weighted by Gasteiger charge is 2.19. The molecular formula is C18H18N2O3. The lowest BCUT2D eigenvalue weighted by atomic mass is 10.2. The van der Waals surface area contributed by atoms with Crippen LogP contribution in [0.2, 0.25) is 0 Å². The Balaban J connectivity index is 1.86. The van der Waals surface area contributed by atoms with Crippen LogP contribution >= 0.6 is 0 Å². The summed E-state index contributed by atoms with van der Waals surface area (Å²) in [5.74, 6) is 0.741. The molecule has 1 fully saturated rings. The van der Waals surface area contributed by atoms with Gasteiger partial charge in [-0.15, -0.1) is 0 Å². The number of hydrogen-bond acceptors (Lipinski definition) is 4. The Bertz CT molecular complexity index is 792. The van der Waals surface area contributed by atoms with Crippen LogP contribution in [0.15, 0.2) is 34.3 Å². The van der Waals surface area contributed by atoms with Crippen LogP contribution in [0.4, 0.5) is 0 Å². The summed E-state index contributed by atoms with van der Waals surface area (Å²) in [5.41, 5.74) is 0.657. The third-order valence-corrected chi connectivity index (χ3v) is 4.09. The topological polar surface area (TPSA) is 75.3 Å². The number of rotatable bonds is 4. The second-order valence-corrected chi connectivity index (χ2v) is 5.65. The van der Waals surface area contributed by atoms with Gasteiger partial charge in [-0.05, 0) is 25.0 Å². The van der Waals surface area contributed by atoms with Gasteiger partial charge in [-0.2, -0.15) is 5.26 Å². The van der Waals surface area contributed by atoms with Crippen molar-refractivity contribution < 1.29 is 13.9 Å². The first-order valence-electron chi connectivity index (χ1n) is 7.70. The number of nitrogens with zero attached hydrogens (tertiary/aromatic N) is 1. The summed E-state index contributed by atoms with van der Waals surface area (Å²) in [6, 6.07) is 9.48. The summed E-state index contributed by atoms with van der Waals surface area (Å²) >= 11 is 0. The van der Waals surface area contributed by atoms with Crippen LogP contribution in [-0.4, -0.2) is 19.1 Å². The third-order valence-electron chi connectivity index (χ3n) is 4.09. The van der Waals surface area contributed by atoms with E-state index in [9.17, 15) is 10.1 Å². The number of nitrogens with one attached hydrogen (secondary N) is 1. The first kappa shape index (κ1) is 15.2. The molecule has 1 amide bonds. The maximum absolute atomic E-state index is 12.2. The van der Waals surface area contributed by atoms with Gasteiger partial charge < -0.3 is 14.5 Å². The fraction of sp³-hybridized carbons (Fsp3) is 0.333. The molecule has 0 aliphatic heterocycles. The third kappa shape index (κ3) is 3.21. The van der Waals surface area contributed by atoms with Crippen molar-refractivity contribution in [3.8, 4) is 11.8 Å². The van der Waals surface area contributed by atoms with Crippen molar-refractivity contribution in [1.82, 2.24) is 5.32 Å². The molecule has 0 radical (unpaired) electrons. The van der Waals surface area contributed by atoms with Crippen molar-refractivity contribution in [3.05, 3.63) is 35.6 Å². The Kier molecular flexibility index (Phi) is 4.33. The van der Waals surface area contributed by atoms with E-state index in [0.29, 0.717) is 17.1 Å². The van der Waals surface area contributed by atoms with Crippen LogP contribution in [0, 0.1) is 11.3 Å². The number of benzene rings is 1. The molecule has 0 spiro atoms.